The third kappa shape index (κ3) is 3.50. The summed E-state index contributed by atoms with van der Waals surface area (Å²) in [6.07, 6.45) is 3.62. The summed E-state index contributed by atoms with van der Waals surface area (Å²) in [7, 11) is 0. The van der Waals surface area contributed by atoms with Gasteiger partial charge in [-0.1, -0.05) is 42.0 Å². The molecule has 1 aromatic rings. The van der Waals surface area contributed by atoms with Crippen LogP contribution in [0.1, 0.15) is 25.3 Å². The summed E-state index contributed by atoms with van der Waals surface area (Å²) in [6.45, 7) is 2.56. The molecule has 21 heavy (non-hydrogen) atoms. The van der Waals surface area contributed by atoms with Gasteiger partial charge in [0.2, 0.25) is 0 Å². The highest BCUT2D eigenvalue weighted by atomic mass is 19.3. The highest BCUT2D eigenvalue weighted by Crippen LogP contribution is 2.39. The van der Waals surface area contributed by atoms with Gasteiger partial charge >= 0.3 is 0 Å². The maximum absolute atomic E-state index is 13.8. The molecule has 0 amide bonds. The van der Waals surface area contributed by atoms with Gasteiger partial charge in [-0.25, -0.2) is 8.78 Å². The Balaban J connectivity index is 1.58. The third-order valence-electron chi connectivity index (χ3n) is 4.46. The number of benzene rings is 1. The smallest absolute Gasteiger partial charge is 0.275 e. The number of rotatable bonds is 4. The molecule has 2 aliphatic rings. The zero-order valence-corrected chi connectivity index (χ0v) is 12.3. The summed E-state index contributed by atoms with van der Waals surface area (Å²) in [6, 6.07) is 9.67. The van der Waals surface area contributed by atoms with Crippen molar-refractivity contribution in [2.24, 2.45) is 5.92 Å². The largest absolute Gasteiger partial charge is 0.311 e. The Bertz CT molecular complexity index is 513. The van der Waals surface area contributed by atoms with Crippen molar-refractivity contribution in [1.82, 2.24) is 10.6 Å². The van der Waals surface area contributed by atoms with Gasteiger partial charge in [0.25, 0.3) is 5.92 Å². The van der Waals surface area contributed by atoms with Gasteiger partial charge < -0.3 is 10.6 Å². The average Bonchev–Trinajstić information content (AvgIpc) is 3.22. The minimum Gasteiger partial charge on any atom is -0.311 e. The van der Waals surface area contributed by atoms with Crippen molar-refractivity contribution >= 4 is 6.08 Å². The maximum atomic E-state index is 13.8. The lowest BCUT2D eigenvalue weighted by Crippen LogP contribution is -2.56. The fourth-order valence-electron chi connectivity index (χ4n) is 3.10. The van der Waals surface area contributed by atoms with E-state index < -0.39 is 12.0 Å². The summed E-state index contributed by atoms with van der Waals surface area (Å²) in [5.41, 5.74) is 2.45. The monoisotopic (exact) mass is 292 g/mol. The van der Waals surface area contributed by atoms with E-state index in [4.69, 9.17) is 0 Å². The highest BCUT2D eigenvalue weighted by molar-refractivity contribution is 5.53. The van der Waals surface area contributed by atoms with E-state index in [9.17, 15) is 8.78 Å². The first-order valence-electron chi connectivity index (χ1n) is 7.64. The second-order valence-electron chi connectivity index (χ2n) is 6.19. The molecule has 0 bridgehead atoms. The van der Waals surface area contributed by atoms with Crippen LogP contribution < -0.4 is 10.6 Å². The van der Waals surface area contributed by atoms with Crippen molar-refractivity contribution in [2.75, 3.05) is 13.1 Å². The van der Waals surface area contributed by atoms with Crippen molar-refractivity contribution in [3.05, 3.63) is 41.5 Å². The Morgan fingerprint density at radius 2 is 2.10 bits per heavy atom. The molecule has 3 atom stereocenters. The van der Waals surface area contributed by atoms with Gasteiger partial charge in [0.1, 0.15) is 0 Å². The molecule has 1 saturated heterocycles. The van der Waals surface area contributed by atoms with Crippen LogP contribution in [-0.2, 0) is 0 Å². The van der Waals surface area contributed by atoms with Gasteiger partial charge in [-0.15, -0.1) is 0 Å². The van der Waals surface area contributed by atoms with Crippen LogP contribution in [0.25, 0.3) is 6.08 Å². The number of halogens is 2. The molecule has 3 unspecified atom stereocenters. The van der Waals surface area contributed by atoms with Gasteiger partial charge in [-0.3, -0.25) is 0 Å². The SMILES string of the molecule is C/C(=C\c1ccccc1)C1CC1NC1CCNCC1(F)F. The molecule has 114 valence electrons. The van der Waals surface area contributed by atoms with E-state index in [1.807, 2.05) is 18.2 Å². The van der Waals surface area contributed by atoms with Gasteiger partial charge in [-0.2, -0.15) is 0 Å². The minimum atomic E-state index is -2.64. The predicted octanol–water partition coefficient (Wildman–Crippen LogP) is 3.07. The first kappa shape index (κ1) is 14.7. The predicted molar refractivity (Wildman–Crippen MR) is 81.3 cm³/mol. The van der Waals surface area contributed by atoms with E-state index in [2.05, 4.69) is 35.8 Å². The second kappa shape index (κ2) is 5.85. The van der Waals surface area contributed by atoms with E-state index in [0.29, 0.717) is 18.9 Å². The van der Waals surface area contributed by atoms with Gasteiger partial charge in [0.05, 0.1) is 12.6 Å². The molecular weight excluding hydrogens is 270 g/mol. The number of piperidine rings is 1. The summed E-state index contributed by atoms with van der Waals surface area (Å²) in [4.78, 5) is 0. The van der Waals surface area contributed by atoms with Crippen LogP contribution in [-0.4, -0.2) is 31.1 Å². The van der Waals surface area contributed by atoms with E-state index in [1.54, 1.807) is 0 Å². The zero-order valence-electron chi connectivity index (χ0n) is 12.3. The summed E-state index contributed by atoms with van der Waals surface area (Å²) < 4.78 is 27.6. The van der Waals surface area contributed by atoms with Crippen molar-refractivity contribution < 1.29 is 8.78 Å². The summed E-state index contributed by atoms with van der Waals surface area (Å²) >= 11 is 0. The van der Waals surface area contributed by atoms with Gasteiger partial charge in [0.15, 0.2) is 0 Å². The normalized spacial score (nSPS) is 32.0. The fraction of sp³-hybridized carbons (Fsp3) is 0.529. The van der Waals surface area contributed by atoms with Crippen LogP contribution in [0.5, 0.6) is 0 Å². The van der Waals surface area contributed by atoms with E-state index in [1.165, 1.54) is 11.1 Å². The Labute approximate surface area is 124 Å². The Hall–Kier alpha value is -1.26. The number of alkyl halides is 2. The van der Waals surface area contributed by atoms with Crippen molar-refractivity contribution in [3.8, 4) is 0 Å². The molecule has 1 saturated carbocycles. The zero-order chi connectivity index (χ0) is 14.9. The van der Waals surface area contributed by atoms with Crippen LogP contribution in [0.3, 0.4) is 0 Å². The van der Waals surface area contributed by atoms with E-state index in [-0.39, 0.29) is 12.6 Å². The number of nitrogens with one attached hydrogen (secondary N) is 2. The minimum absolute atomic E-state index is 0.207. The molecule has 2 fully saturated rings. The van der Waals surface area contributed by atoms with E-state index >= 15 is 0 Å². The van der Waals surface area contributed by atoms with Crippen LogP contribution >= 0.6 is 0 Å². The van der Waals surface area contributed by atoms with Crippen LogP contribution in [0.2, 0.25) is 0 Å². The molecule has 0 spiro atoms. The van der Waals surface area contributed by atoms with Gasteiger partial charge in [0, 0.05) is 6.04 Å². The molecule has 1 heterocycles. The van der Waals surface area contributed by atoms with Crippen LogP contribution in [0, 0.1) is 5.92 Å². The summed E-state index contributed by atoms with van der Waals surface area (Å²) in [5.74, 6) is -2.24. The third-order valence-corrected chi connectivity index (χ3v) is 4.46. The van der Waals surface area contributed by atoms with E-state index in [0.717, 1.165) is 6.42 Å². The Kier molecular flexibility index (Phi) is 4.09. The maximum Gasteiger partial charge on any atom is 0.275 e. The van der Waals surface area contributed by atoms with Crippen molar-refractivity contribution in [3.63, 3.8) is 0 Å². The van der Waals surface area contributed by atoms with Gasteiger partial charge in [-0.05, 0) is 37.8 Å². The number of hydrogen-bond donors (Lipinski definition) is 2. The quantitative estimate of drug-likeness (QED) is 0.891. The molecule has 2 nitrogen and oxygen atoms in total. The Morgan fingerprint density at radius 3 is 2.81 bits per heavy atom. The van der Waals surface area contributed by atoms with Crippen molar-refractivity contribution in [2.45, 2.75) is 37.8 Å². The lowest BCUT2D eigenvalue weighted by atomic mass is 10.0. The average molecular weight is 292 g/mol. The van der Waals surface area contributed by atoms with Crippen molar-refractivity contribution in [1.29, 1.82) is 0 Å². The lowest BCUT2D eigenvalue weighted by Gasteiger charge is -2.32. The molecule has 0 aromatic heterocycles. The molecule has 4 heteroatoms. The Morgan fingerprint density at radius 1 is 1.33 bits per heavy atom. The highest BCUT2D eigenvalue weighted by Gasteiger charge is 2.47. The standard InChI is InChI=1S/C17H22F2N2/c1-12(9-13-5-3-2-4-6-13)14-10-15(14)21-16-7-8-20-11-17(16,18)19/h2-6,9,14-16,20-21H,7-8,10-11H2,1H3/b12-9+. The first-order chi connectivity index (χ1) is 10.1. The molecule has 2 N–H and O–H groups in total. The lowest BCUT2D eigenvalue weighted by molar-refractivity contribution is -0.0520. The van der Waals surface area contributed by atoms with Crippen LogP contribution in [0.4, 0.5) is 8.78 Å². The van der Waals surface area contributed by atoms with Crippen LogP contribution in [0.15, 0.2) is 35.9 Å². The molecule has 0 radical (unpaired) electrons. The molecule has 1 aliphatic carbocycles. The molecular formula is C17H22F2N2. The number of hydrogen-bond acceptors (Lipinski definition) is 2. The fourth-order valence-corrected chi connectivity index (χ4v) is 3.10. The molecule has 3 rings (SSSR count). The first-order valence-corrected chi connectivity index (χ1v) is 7.64. The topological polar surface area (TPSA) is 24.1 Å². The molecule has 1 aliphatic heterocycles. The summed E-state index contributed by atoms with van der Waals surface area (Å²) in [5, 5.41) is 5.93. The molecule has 1 aromatic carbocycles. The second-order valence-corrected chi connectivity index (χ2v) is 6.19.